The second kappa shape index (κ2) is 4.94. The van der Waals surface area contributed by atoms with Crippen molar-refractivity contribution in [3.8, 4) is 11.3 Å². The van der Waals surface area contributed by atoms with E-state index in [9.17, 15) is 4.79 Å². The lowest BCUT2D eigenvalue weighted by Crippen LogP contribution is -2.39. The van der Waals surface area contributed by atoms with E-state index in [2.05, 4.69) is 19.5 Å². The van der Waals surface area contributed by atoms with Crippen LogP contribution in [0.2, 0.25) is 0 Å². The van der Waals surface area contributed by atoms with Crippen molar-refractivity contribution >= 4 is 5.91 Å². The van der Waals surface area contributed by atoms with E-state index in [1.165, 1.54) is 0 Å². The molecule has 1 fully saturated rings. The van der Waals surface area contributed by atoms with Gasteiger partial charge in [0, 0.05) is 55.7 Å². The fourth-order valence-electron chi connectivity index (χ4n) is 4.10. The number of hydrogen-bond acceptors (Lipinski definition) is 3. The van der Waals surface area contributed by atoms with Crippen LogP contribution in [0.1, 0.15) is 33.0 Å². The van der Waals surface area contributed by atoms with Crippen LogP contribution in [0, 0.1) is 10.8 Å². The van der Waals surface area contributed by atoms with E-state index in [-0.39, 0.29) is 16.7 Å². The molecule has 2 aliphatic heterocycles. The molecule has 4 rings (SSSR count). The van der Waals surface area contributed by atoms with Crippen molar-refractivity contribution < 1.29 is 4.79 Å². The number of nitrogens with zero attached hydrogens (tertiary/aromatic N) is 5. The first kappa shape index (κ1) is 15.4. The number of imidazole rings is 1. The SMILES string of the molecule is Cn1cc(-c2cnc3n2C[C@@]2(CCN(C(=O)C(C)(C)C)C2)C3)cn1. The first-order chi connectivity index (χ1) is 11.3. The van der Waals surface area contributed by atoms with Crippen LogP contribution in [-0.2, 0) is 24.8 Å². The molecule has 1 atom stereocenters. The van der Waals surface area contributed by atoms with Crippen LogP contribution in [0.5, 0.6) is 0 Å². The van der Waals surface area contributed by atoms with Crippen molar-refractivity contribution in [2.24, 2.45) is 17.9 Å². The standard InChI is InChI=1S/C18H25N5O/c1-17(2,3)16(24)22-6-5-18(11-22)7-15-19-9-14(23(15)12-18)13-8-20-21(4)10-13/h8-10H,5-7,11-12H2,1-4H3/t18-/m0/s1. The monoisotopic (exact) mass is 327 g/mol. The van der Waals surface area contributed by atoms with Crippen molar-refractivity contribution in [3.05, 3.63) is 24.4 Å². The predicted octanol–water partition coefficient (Wildman–Crippen LogP) is 2.10. The van der Waals surface area contributed by atoms with Gasteiger partial charge in [0.15, 0.2) is 0 Å². The molecular weight excluding hydrogens is 302 g/mol. The van der Waals surface area contributed by atoms with E-state index in [1.807, 2.05) is 51.1 Å². The van der Waals surface area contributed by atoms with E-state index >= 15 is 0 Å². The summed E-state index contributed by atoms with van der Waals surface area (Å²) in [7, 11) is 1.93. The van der Waals surface area contributed by atoms with Crippen LogP contribution in [0.3, 0.4) is 0 Å². The third-order valence-electron chi connectivity index (χ3n) is 5.33. The normalized spacial score (nSPS) is 23.2. The van der Waals surface area contributed by atoms with Crippen LogP contribution in [-0.4, -0.2) is 43.2 Å². The Morgan fingerprint density at radius 2 is 2.04 bits per heavy atom. The molecular formula is C18H25N5O. The van der Waals surface area contributed by atoms with E-state index in [4.69, 9.17) is 0 Å². The van der Waals surface area contributed by atoms with Gasteiger partial charge in [0.25, 0.3) is 0 Å². The average molecular weight is 327 g/mol. The average Bonchev–Trinajstić information content (AvgIpc) is 3.23. The summed E-state index contributed by atoms with van der Waals surface area (Å²) in [4.78, 5) is 19.3. The zero-order valence-electron chi connectivity index (χ0n) is 14.9. The minimum Gasteiger partial charge on any atom is -0.342 e. The molecule has 1 amide bonds. The number of hydrogen-bond donors (Lipinski definition) is 0. The highest BCUT2D eigenvalue weighted by molar-refractivity contribution is 5.81. The highest BCUT2D eigenvalue weighted by atomic mass is 16.2. The minimum absolute atomic E-state index is 0.154. The summed E-state index contributed by atoms with van der Waals surface area (Å²) in [6.45, 7) is 8.66. The van der Waals surface area contributed by atoms with Gasteiger partial charge in [0.05, 0.1) is 18.1 Å². The van der Waals surface area contributed by atoms with E-state index in [0.717, 1.165) is 49.6 Å². The molecule has 0 aromatic carbocycles. The van der Waals surface area contributed by atoms with Crippen LogP contribution < -0.4 is 0 Å². The van der Waals surface area contributed by atoms with E-state index in [0.29, 0.717) is 0 Å². The number of aryl methyl sites for hydroxylation is 1. The Kier molecular flexibility index (Phi) is 3.18. The van der Waals surface area contributed by atoms with Gasteiger partial charge in [-0.05, 0) is 6.42 Å². The third kappa shape index (κ3) is 2.36. The molecule has 2 aromatic rings. The Morgan fingerprint density at radius 3 is 2.71 bits per heavy atom. The molecule has 6 nitrogen and oxygen atoms in total. The molecule has 4 heterocycles. The van der Waals surface area contributed by atoms with E-state index in [1.54, 1.807) is 0 Å². The number of rotatable bonds is 1. The fraction of sp³-hybridized carbons (Fsp3) is 0.611. The smallest absolute Gasteiger partial charge is 0.227 e. The lowest BCUT2D eigenvalue weighted by atomic mass is 9.85. The van der Waals surface area contributed by atoms with Gasteiger partial charge < -0.3 is 9.47 Å². The van der Waals surface area contributed by atoms with E-state index < -0.39 is 0 Å². The minimum atomic E-state index is -0.307. The quantitative estimate of drug-likeness (QED) is 0.806. The number of amides is 1. The zero-order valence-corrected chi connectivity index (χ0v) is 14.9. The summed E-state index contributed by atoms with van der Waals surface area (Å²) in [6, 6.07) is 0. The molecule has 128 valence electrons. The Hall–Kier alpha value is -2.11. The number of carbonyl (C=O) groups is 1. The molecule has 0 saturated carbocycles. The summed E-state index contributed by atoms with van der Waals surface area (Å²) in [5, 5.41) is 4.27. The van der Waals surface area contributed by atoms with Crippen LogP contribution in [0.4, 0.5) is 0 Å². The number of likely N-dealkylation sites (tertiary alicyclic amines) is 1. The van der Waals surface area contributed by atoms with Gasteiger partial charge in [-0.1, -0.05) is 20.8 Å². The maximum Gasteiger partial charge on any atom is 0.227 e. The molecule has 6 heteroatoms. The summed E-state index contributed by atoms with van der Waals surface area (Å²) in [5.74, 6) is 1.40. The van der Waals surface area contributed by atoms with Crippen molar-refractivity contribution in [3.63, 3.8) is 0 Å². The fourth-order valence-corrected chi connectivity index (χ4v) is 4.10. The lowest BCUT2D eigenvalue weighted by Gasteiger charge is -2.28. The number of fused-ring (bicyclic) bond motifs is 1. The molecule has 0 bridgehead atoms. The molecule has 0 N–H and O–H groups in total. The molecule has 1 spiro atoms. The molecule has 0 unspecified atom stereocenters. The topological polar surface area (TPSA) is 56.0 Å². The van der Waals surface area contributed by atoms with Gasteiger partial charge in [0.1, 0.15) is 5.82 Å². The largest absolute Gasteiger partial charge is 0.342 e. The number of aromatic nitrogens is 4. The third-order valence-corrected chi connectivity index (χ3v) is 5.33. The zero-order chi connectivity index (χ0) is 17.1. The predicted molar refractivity (Wildman–Crippen MR) is 91.2 cm³/mol. The van der Waals surface area contributed by atoms with Gasteiger partial charge in [-0.15, -0.1) is 0 Å². The van der Waals surface area contributed by atoms with Crippen LogP contribution >= 0.6 is 0 Å². The highest BCUT2D eigenvalue weighted by Gasteiger charge is 2.46. The lowest BCUT2D eigenvalue weighted by molar-refractivity contribution is -0.138. The molecule has 2 aromatic heterocycles. The van der Waals surface area contributed by atoms with Crippen LogP contribution in [0.25, 0.3) is 11.3 Å². The Morgan fingerprint density at radius 1 is 1.25 bits per heavy atom. The molecule has 0 aliphatic carbocycles. The highest BCUT2D eigenvalue weighted by Crippen LogP contribution is 2.43. The van der Waals surface area contributed by atoms with Gasteiger partial charge >= 0.3 is 0 Å². The van der Waals surface area contributed by atoms with Gasteiger partial charge in [0.2, 0.25) is 5.91 Å². The summed E-state index contributed by atoms with van der Waals surface area (Å²) < 4.78 is 4.14. The Bertz CT molecular complexity index is 797. The van der Waals surface area contributed by atoms with Crippen molar-refractivity contribution in [2.45, 2.75) is 40.2 Å². The van der Waals surface area contributed by atoms with Gasteiger partial charge in [-0.25, -0.2) is 4.98 Å². The summed E-state index contributed by atoms with van der Waals surface area (Å²) >= 11 is 0. The second-order valence-corrected chi connectivity index (χ2v) is 8.45. The second-order valence-electron chi connectivity index (χ2n) is 8.45. The first-order valence-corrected chi connectivity index (χ1v) is 8.60. The van der Waals surface area contributed by atoms with Gasteiger partial charge in [-0.3, -0.25) is 9.48 Å². The molecule has 0 radical (unpaired) electrons. The van der Waals surface area contributed by atoms with Crippen molar-refractivity contribution in [1.82, 2.24) is 24.2 Å². The maximum atomic E-state index is 12.6. The number of carbonyl (C=O) groups excluding carboxylic acids is 1. The maximum absolute atomic E-state index is 12.6. The molecule has 1 saturated heterocycles. The molecule has 24 heavy (non-hydrogen) atoms. The molecule has 2 aliphatic rings. The van der Waals surface area contributed by atoms with Crippen molar-refractivity contribution in [1.29, 1.82) is 0 Å². The van der Waals surface area contributed by atoms with Crippen molar-refractivity contribution in [2.75, 3.05) is 13.1 Å². The Balaban J connectivity index is 1.56. The first-order valence-electron chi connectivity index (χ1n) is 8.60. The van der Waals surface area contributed by atoms with Gasteiger partial charge in [-0.2, -0.15) is 5.10 Å². The summed E-state index contributed by atoms with van der Waals surface area (Å²) in [6.07, 6.45) is 7.89. The van der Waals surface area contributed by atoms with Crippen LogP contribution in [0.15, 0.2) is 18.6 Å². The Labute approximate surface area is 142 Å². The summed E-state index contributed by atoms with van der Waals surface area (Å²) in [5.41, 5.74) is 2.09.